The number of carbonyl (C=O) groups excluding carboxylic acids is 1. The summed E-state index contributed by atoms with van der Waals surface area (Å²) in [5.41, 5.74) is -3.70. The maximum atomic E-state index is 14.0. The van der Waals surface area contributed by atoms with Crippen molar-refractivity contribution < 1.29 is 27.8 Å². The number of likely N-dealkylation sites (tertiary alicyclic amines) is 1. The molecule has 1 N–H and O–H groups in total. The molecule has 0 spiro atoms. The van der Waals surface area contributed by atoms with Crippen LogP contribution in [0.15, 0.2) is 41.4 Å². The monoisotopic (exact) mass is 438 g/mol. The Kier molecular flexibility index (Phi) is 5.12. The maximum absolute atomic E-state index is 14.0. The molecular formula is C21H18ClF3N2O3. The summed E-state index contributed by atoms with van der Waals surface area (Å²) in [5, 5.41) is 10.8. The van der Waals surface area contributed by atoms with Crippen molar-refractivity contribution in [3.8, 4) is 11.1 Å². The first-order valence-electron chi connectivity index (χ1n) is 9.25. The van der Waals surface area contributed by atoms with Crippen LogP contribution in [-0.2, 0) is 10.3 Å². The molecule has 2 aromatic carbocycles. The van der Waals surface area contributed by atoms with Gasteiger partial charge in [0.1, 0.15) is 0 Å². The molecule has 1 heterocycles. The summed E-state index contributed by atoms with van der Waals surface area (Å²) in [7, 11) is 0. The van der Waals surface area contributed by atoms with Crippen molar-refractivity contribution in [2.75, 3.05) is 26.2 Å². The first-order valence-corrected chi connectivity index (χ1v) is 9.62. The predicted octanol–water partition coefficient (Wildman–Crippen LogP) is 3.66. The second-order valence-electron chi connectivity index (χ2n) is 7.28. The summed E-state index contributed by atoms with van der Waals surface area (Å²) in [6.07, 6.45) is -5.15. The van der Waals surface area contributed by atoms with Crippen LogP contribution in [-0.4, -0.2) is 61.2 Å². The Hall–Kier alpha value is -2.42. The van der Waals surface area contributed by atoms with E-state index in [0.717, 1.165) is 6.07 Å². The average Bonchev–Trinajstić information content (AvgIpc) is 2.94. The van der Waals surface area contributed by atoms with Crippen LogP contribution in [0.2, 0.25) is 5.02 Å². The number of nitrogens with zero attached hydrogens (tertiary/aromatic N) is 2. The van der Waals surface area contributed by atoms with Crippen LogP contribution >= 0.6 is 11.6 Å². The van der Waals surface area contributed by atoms with Crippen molar-refractivity contribution in [3.63, 3.8) is 0 Å². The number of benzene rings is 2. The van der Waals surface area contributed by atoms with E-state index >= 15 is 0 Å². The van der Waals surface area contributed by atoms with Crippen molar-refractivity contribution in [2.24, 2.45) is 4.99 Å². The van der Waals surface area contributed by atoms with Gasteiger partial charge < -0.3 is 14.7 Å². The second-order valence-corrected chi connectivity index (χ2v) is 7.69. The zero-order valence-corrected chi connectivity index (χ0v) is 16.5. The van der Waals surface area contributed by atoms with Gasteiger partial charge in [0.2, 0.25) is 5.60 Å². The molecule has 30 heavy (non-hydrogen) atoms. The molecule has 0 unspecified atom stereocenters. The number of alkyl halides is 3. The molecule has 2 aromatic rings. The molecule has 1 fully saturated rings. The van der Waals surface area contributed by atoms with Crippen LogP contribution in [0.3, 0.4) is 0 Å². The maximum Gasteiger partial charge on any atom is 0.425 e. The number of hydrogen-bond acceptors (Lipinski definition) is 4. The lowest BCUT2D eigenvalue weighted by Gasteiger charge is -2.39. The lowest BCUT2D eigenvalue weighted by atomic mass is 9.89. The third-order valence-electron chi connectivity index (χ3n) is 5.46. The first kappa shape index (κ1) is 20.8. The molecule has 9 heteroatoms. The third-order valence-corrected chi connectivity index (χ3v) is 5.76. The molecule has 1 amide bonds. The standard InChI is InChI=1S/C21H18ClF3N2O3/c1-26-6-7-30-13-10-27(11-13)19(28)12-8-16-18(17(22)9-12)14-4-2-3-5-15(14)20(16,29)21(23,24)25/h2-5,8-9,13,29H,1,6-7,10-11H2/t20-/m0/s1. The van der Waals surface area contributed by atoms with Gasteiger partial charge in [0.25, 0.3) is 5.91 Å². The van der Waals surface area contributed by atoms with E-state index in [9.17, 15) is 23.1 Å². The SMILES string of the molecule is C=NCCOC1CN(C(=O)c2cc(Cl)c3c(c2)[C@](O)(C(F)(F)F)c2ccccc2-3)C1. The van der Waals surface area contributed by atoms with E-state index in [0.29, 0.717) is 26.2 Å². The Morgan fingerprint density at radius 3 is 2.67 bits per heavy atom. The minimum Gasteiger partial charge on any atom is -0.373 e. The first-order chi connectivity index (χ1) is 14.2. The van der Waals surface area contributed by atoms with Gasteiger partial charge >= 0.3 is 6.18 Å². The molecule has 1 saturated heterocycles. The van der Waals surface area contributed by atoms with Crippen LogP contribution in [0, 0.1) is 0 Å². The number of amides is 1. The lowest BCUT2D eigenvalue weighted by Crippen LogP contribution is -2.55. The molecule has 1 atom stereocenters. The van der Waals surface area contributed by atoms with E-state index < -0.39 is 23.2 Å². The van der Waals surface area contributed by atoms with Crippen molar-refractivity contribution >= 4 is 24.2 Å². The summed E-state index contributed by atoms with van der Waals surface area (Å²) >= 11 is 6.31. The topological polar surface area (TPSA) is 62.1 Å². The zero-order chi connectivity index (χ0) is 21.7. The largest absolute Gasteiger partial charge is 0.425 e. The molecule has 5 nitrogen and oxygen atoms in total. The Morgan fingerprint density at radius 1 is 1.30 bits per heavy atom. The number of halogens is 4. The molecule has 0 saturated carbocycles. The molecule has 2 aliphatic rings. The van der Waals surface area contributed by atoms with E-state index in [1.807, 2.05) is 0 Å². The van der Waals surface area contributed by atoms with Crippen LogP contribution in [0.1, 0.15) is 21.5 Å². The Bertz CT molecular complexity index is 1020. The summed E-state index contributed by atoms with van der Waals surface area (Å²) < 4.78 is 47.5. The number of carbonyl (C=O) groups is 1. The average molecular weight is 439 g/mol. The van der Waals surface area contributed by atoms with Gasteiger partial charge in [-0.25, -0.2) is 0 Å². The molecular weight excluding hydrogens is 421 g/mol. The van der Waals surface area contributed by atoms with E-state index in [-0.39, 0.29) is 33.4 Å². The van der Waals surface area contributed by atoms with Gasteiger partial charge in [-0.15, -0.1) is 0 Å². The van der Waals surface area contributed by atoms with Gasteiger partial charge in [-0.3, -0.25) is 9.79 Å². The third kappa shape index (κ3) is 3.10. The zero-order valence-electron chi connectivity index (χ0n) is 15.7. The summed E-state index contributed by atoms with van der Waals surface area (Å²) in [4.78, 5) is 17.9. The number of rotatable bonds is 5. The van der Waals surface area contributed by atoms with Crippen LogP contribution in [0.25, 0.3) is 11.1 Å². The number of aliphatic imine (C=N–C) groups is 1. The van der Waals surface area contributed by atoms with Gasteiger partial charge in [0, 0.05) is 40.4 Å². The fraction of sp³-hybridized carbons (Fsp3) is 0.333. The van der Waals surface area contributed by atoms with Crippen molar-refractivity contribution in [3.05, 3.63) is 58.1 Å². The Balaban J connectivity index is 1.67. The number of fused-ring (bicyclic) bond motifs is 3. The van der Waals surface area contributed by atoms with Gasteiger partial charge in [0.15, 0.2) is 0 Å². The smallest absolute Gasteiger partial charge is 0.373 e. The Labute approximate surface area is 175 Å². The highest BCUT2D eigenvalue weighted by Crippen LogP contribution is 2.56. The normalized spacial score (nSPS) is 20.5. The molecule has 0 radical (unpaired) electrons. The molecule has 1 aliphatic carbocycles. The van der Waals surface area contributed by atoms with Gasteiger partial charge in [-0.1, -0.05) is 35.9 Å². The number of hydrogen-bond donors (Lipinski definition) is 1. The quantitative estimate of drug-likeness (QED) is 0.572. The van der Waals surface area contributed by atoms with Crippen LogP contribution in [0.5, 0.6) is 0 Å². The molecule has 4 rings (SSSR count). The van der Waals surface area contributed by atoms with E-state index in [2.05, 4.69) is 11.7 Å². The van der Waals surface area contributed by atoms with Gasteiger partial charge in [-0.2, -0.15) is 13.2 Å². The number of aliphatic hydroxyl groups is 1. The lowest BCUT2D eigenvalue weighted by molar-refractivity contribution is -0.246. The van der Waals surface area contributed by atoms with Crippen LogP contribution < -0.4 is 0 Å². The van der Waals surface area contributed by atoms with Gasteiger partial charge in [0.05, 0.1) is 19.3 Å². The van der Waals surface area contributed by atoms with Crippen LogP contribution in [0.4, 0.5) is 13.2 Å². The van der Waals surface area contributed by atoms with Crippen molar-refractivity contribution in [2.45, 2.75) is 17.9 Å². The molecule has 1 aliphatic heterocycles. The molecule has 0 aromatic heterocycles. The highest BCUT2D eigenvalue weighted by molar-refractivity contribution is 6.34. The van der Waals surface area contributed by atoms with Gasteiger partial charge in [-0.05, 0) is 24.4 Å². The molecule has 158 valence electrons. The summed E-state index contributed by atoms with van der Waals surface area (Å²) in [6, 6.07) is 8.12. The van der Waals surface area contributed by atoms with Crippen molar-refractivity contribution in [1.29, 1.82) is 0 Å². The molecule has 0 bridgehead atoms. The van der Waals surface area contributed by atoms with E-state index in [4.69, 9.17) is 16.3 Å². The van der Waals surface area contributed by atoms with E-state index in [1.54, 1.807) is 6.07 Å². The summed E-state index contributed by atoms with van der Waals surface area (Å²) in [6.45, 7) is 4.82. The summed E-state index contributed by atoms with van der Waals surface area (Å²) in [5.74, 6) is -0.470. The minimum atomic E-state index is -4.99. The Morgan fingerprint density at radius 2 is 2.00 bits per heavy atom. The highest BCUT2D eigenvalue weighted by atomic mass is 35.5. The fourth-order valence-corrected chi connectivity index (χ4v) is 4.25. The predicted molar refractivity (Wildman–Crippen MR) is 106 cm³/mol. The second kappa shape index (κ2) is 7.37. The van der Waals surface area contributed by atoms with Crippen molar-refractivity contribution in [1.82, 2.24) is 4.90 Å². The van der Waals surface area contributed by atoms with E-state index in [1.165, 1.54) is 29.2 Å². The fourth-order valence-electron chi connectivity index (χ4n) is 3.93. The minimum absolute atomic E-state index is 0.0135. The highest BCUT2D eigenvalue weighted by Gasteiger charge is 2.61. The number of ether oxygens (including phenoxy) is 1.